The molecule has 0 aliphatic rings. The number of hydrogen-bond donors (Lipinski definition) is 1. The topological polar surface area (TPSA) is 64.0 Å². The van der Waals surface area contributed by atoms with Gasteiger partial charge in [-0.25, -0.2) is 13.1 Å². The normalized spacial score (nSPS) is 11.8. The summed E-state index contributed by atoms with van der Waals surface area (Å²) in [6.07, 6.45) is 1.54. The maximum absolute atomic E-state index is 12.4. The van der Waals surface area contributed by atoms with Crippen molar-refractivity contribution in [2.24, 2.45) is 0 Å². The summed E-state index contributed by atoms with van der Waals surface area (Å²) in [4.78, 5) is 0.0267. The summed E-state index contributed by atoms with van der Waals surface area (Å²) in [6, 6.07) is 6.26. The van der Waals surface area contributed by atoms with Crippen LogP contribution in [0.5, 0.6) is 0 Å². The van der Waals surface area contributed by atoms with Crippen molar-refractivity contribution < 1.29 is 8.42 Å². The van der Waals surface area contributed by atoms with Crippen molar-refractivity contribution in [1.82, 2.24) is 9.78 Å². The predicted octanol–water partition coefficient (Wildman–Crippen LogP) is 3.68. The second-order valence-corrected chi connectivity index (χ2v) is 7.41. The molecule has 0 saturated carbocycles. The molecule has 0 amide bonds. The summed E-state index contributed by atoms with van der Waals surface area (Å²) in [5, 5.41) is 4.23. The van der Waals surface area contributed by atoms with Crippen LogP contribution in [-0.4, -0.2) is 18.2 Å². The van der Waals surface area contributed by atoms with Gasteiger partial charge in [0.25, 0.3) is 10.0 Å². The minimum Gasteiger partial charge on any atom is -0.264 e. The highest BCUT2D eigenvalue weighted by atomic mass is 79.9. The number of aromatic nitrogens is 2. The molecule has 0 radical (unpaired) electrons. The summed E-state index contributed by atoms with van der Waals surface area (Å²) in [5.41, 5.74) is 0. The molecule has 0 saturated heterocycles. The minimum atomic E-state index is -3.75. The Morgan fingerprint density at radius 1 is 1.35 bits per heavy atom. The standard InChI is InChI=1S/C12H13BrClN3O2S/c1-8(2)17-12(5-6-15-17)16-20(18,19)11-4-3-9(13)7-10(11)14/h3-8,16H,1-2H3. The number of halogens is 2. The van der Waals surface area contributed by atoms with E-state index in [0.717, 1.165) is 0 Å². The fourth-order valence-corrected chi connectivity index (χ4v) is 3.78. The van der Waals surface area contributed by atoms with E-state index in [0.29, 0.717) is 10.3 Å². The molecule has 0 spiro atoms. The van der Waals surface area contributed by atoms with Crippen LogP contribution in [0.2, 0.25) is 5.02 Å². The second-order valence-electron chi connectivity index (χ2n) is 4.44. The number of nitrogens with zero attached hydrogens (tertiary/aromatic N) is 2. The molecule has 0 aliphatic heterocycles. The van der Waals surface area contributed by atoms with E-state index in [2.05, 4.69) is 25.8 Å². The van der Waals surface area contributed by atoms with E-state index in [-0.39, 0.29) is 16.0 Å². The first-order chi connectivity index (χ1) is 9.31. The third-order valence-electron chi connectivity index (χ3n) is 2.58. The largest absolute Gasteiger partial charge is 0.264 e. The van der Waals surface area contributed by atoms with Gasteiger partial charge in [-0.05, 0) is 32.0 Å². The number of rotatable bonds is 4. The Labute approximate surface area is 131 Å². The van der Waals surface area contributed by atoms with Crippen molar-refractivity contribution in [3.05, 3.63) is 40.0 Å². The van der Waals surface area contributed by atoms with Gasteiger partial charge < -0.3 is 0 Å². The molecule has 8 heteroatoms. The molecule has 0 unspecified atom stereocenters. The Balaban J connectivity index is 2.38. The van der Waals surface area contributed by atoms with Crippen molar-refractivity contribution >= 4 is 43.4 Å². The molecule has 1 N–H and O–H groups in total. The van der Waals surface area contributed by atoms with E-state index in [1.165, 1.54) is 12.1 Å². The summed E-state index contributed by atoms with van der Waals surface area (Å²) in [7, 11) is -3.75. The van der Waals surface area contributed by atoms with Crippen molar-refractivity contribution in [3.8, 4) is 0 Å². The maximum Gasteiger partial charge on any atom is 0.264 e. The average molecular weight is 379 g/mol. The number of sulfonamides is 1. The number of nitrogens with one attached hydrogen (secondary N) is 1. The lowest BCUT2D eigenvalue weighted by atomic mass is 10.4. The molecule has 20 heavy (non-hydrogen) atoms. The van der Waals surface area contributed by atoms with Crippen LogP contribution in [0.15, 0.2) is 39.8 Å². The van der Waals surface area contributed by atoms with E-state index < -0.39 is 10.0 Å². The Bertz CT molecular complexity index is 728. The predicted molar refractivity (Wildman–Crippen MR) is 82.6 cm³/mol. The molecule has 1 aromatic carbocycles. The molecule has 0 fully saturated rings. The van der Waals surface area contributed by atoms with Gasteiger partial charge in [0, 0.05) is 16.6 Å². The Kier molecular flexibility index (Phi) is 4.41. The summed E-state index contributed by atoms with van der Waals surface area (Å²) < 4.78 is 29.5. The van der Waals surface area contributed by atoms with Gasteiger partial charge in [-0.1, -0.05) is 27.5 Å². The number of benzene rings is 1. The van der Waals surface area contributed by atoms with Gasteiger partial charge >= 0.3 is 0 Å². The third kappa shape index (κ3) is 3.16. The van der Waals surface area contributed by atoms with Crippen LogP contribution in [0.1, 0.15) is 19.9 Å². The molecule has 0 aliphatic carbocycles. The average Bonchev–Trinajstić information content (AvgIpc) is 2.75. The molecule has 1 heterocycles. The van der Waals surface area contributed by atoms with E-state index in [4.69, 9.17) is 11.6 Å². The molecule has 108 valence electrons. The monoisotopic (exact) mass is 377 g/mol. The van der Waals surface area contributed by atoms with Gasteiger partial charge in [-0.2, -0.15) is 5.10 Å². The molecular formula is C12H13BrClN3O2S. The van der Waals surface area contributed by atoms with Crippen molar-refractivity contribution in [2.75, 3.05) is 4.72 Å². The van der Waals surface area contributed by atoms with Gasteiger partial charge in [0.2, 0.25) is 0 Å². The lowest BCUT2D eigenvalue weighted by Gasteiger charge is -2.13. The quantitative estimate of drug-likeness (QED) is 0.882. The SMILES string of the molecule is CC(C)n1nccc1NS(=O)(=O)c1ccc(Br)cc1Cl. The second kappa shape index (κ2) is 5.75. The van der Waals surface area contributed by atoms with Gasteiger partial charge in [-0.15, -0.1) is 0 Å². The first-order valence-electron chi connectivity index (χ1n) is 5.82. The maximum atomic E-state index is 12.4. The zero-order valence-corrected chi connectivity index (χ0v) is 14.0. The van der Waals surface area contributed by atoms with Crippen LogP contribution in [0.3, 0.4) is 0 Å². The summed E-state index contributed by atoms with van der Waals surface area (Å²) >= 11 is 9.23. The van der Waals surface area contributed by atoms with E-state index in [1.807, 2.05) is 13.8 Å². The van der Waals surface area contributed by atoms with Crippen LogP contribution >= 0.6 is 27.5 Å². The zero-order valence-electron chi connectivity index (χ0n) is 10.8. The van der Waals surface area contributed by atoms with Gasteiger partial charge in [0.05, 0.1) is 11.2 Å². The fourth-order valence-electron chi connectivity index (χ4n) is 1.69. The van der Waals surface area contributed by atoms with Crippen LogP contribution in [0.4, 0.5) is 5.82 Å². The zero-order chi connectivity index (χ0) is 14.9. The highest BCUT2D eigenvalue weighted by Crippen LogP contribution is 2.27. The van der Waals surface area contributed by atoms with E-state index >= 15 is 0 Å². The number of hydrogen-bond acceptors (Lipinski definition) is 3. The Morgan fingerprint density at radius 2 is 2.05 bits per heavy atom. The highest BCUT2D eigenvalue weighted by Gasteiger charge is 2.20. The molecule has 0 bridgehead atoms. The first-order valence-corrected chi connectivity index (χ1v) is 8.48. The summed E-state index contributed by atoms with van der Waals surface area (Å²) in [6.45, 7) is 3.83. The lowest BCUT2D eigenvalue weighted by Crippen LogP contribution is -2.17. The van der Waals surface area contributed by atoms with Crippen molar-refractivity contribution in [3.63, 3.8) is 0 Å². The molecule has 1 aromatic heterocycles. The first kappa shape index (κ1) is 15.3. The lowest BCUT2D eigenvalue weighted by molar-refractivity contribution is 0.539. The van der Waals surface area contributed by atoms with Crippen LogP contribution in [-0.2, 0) is 10.0 Å². The van der Waals surface area contributed by atoms with E-state index in [1.54, 1.807) is 23.0 Å². The summed E-state index contributed by atoms with van der Waals surface area (Å²) in [5.74, 6) is 0.402. The molecule has 2 rings (SSSR count). The van der Waals surface area contributed by atoms with Gasteiger partial charge in [0.15, 0.2) is 0 Å². The van der Waals surface area contributed by atoms with E-state index in [9.17, 15) is 8.42 Å². The highest BCUT2D eigenvalue weighted by molar-refractivity contribution is 9.10. The fraction of sp³-hybridized carbons (Fsp3) is 0.250. The molecule has 2 aromatic rings. The molecule has 0 atom stereocenters. The van der Waals surface area contributed by atoms with Crippen LogP contribution in [0.25, 0.3) is 0 Å². The van der Waals surface area contributed by atoms with Crippen molar-refractivity contribution in [2.45, 2.75) is 24.8 Å². The smallest absolute Gasteiger partial charge is 0.264 e. The molecule has 5 nitrogen and oxygen atoms in total. The third-order valence-corrected chi connectivity index (χ3v) is 4.91. The van der Waals surface area contributed by atoms with Gasteiger partial charge in [0.1, 0.15) is 10.7 Å². The van der Waals surface area contributed by atoms with Gasteiger partial charge in [-0.3, -0.25) is 4.72 Å². The Morgan fingerprint density at radius 3 is 2.65 bits per heavy atom. The van der Waals surface area contributed by atoms with Crippen LogP contribution in [0, 0.1) is 0 Å². The number of anilines is 1. The minimum absolute atomic E-state index is 0.0267. The molecular weight excluding hydrogens is 366 g/mol. The van der Waals surface area contributed by atoms with Crippen LogP contribution < -0.4 is 4.72 Å². The van der Waals surface area contributed by atoms with Crippen molar-refractivity contribution in [1.29, 1.82) is 0 Å². The Hall–Kier alpha value is -1.05.